The quantitative estimate of drug-likeness (QED) is 0.910. The highest BCUT2D eigenvalue weighted by molar-refractivity contribution is 5.78. The van der Waals surface area contributed by atoms with Crippen LogP contribution in [0.2, 0.25) is 0 Å². The highest BCUT2D eigenvalue weighted by atomic mass is 16.8. The number of aliphatic carboxylic acids is 1. The predicted octanol–water partition coefficient (Wildman–Crippen LogP) is 1.91. The second kappa shape index (κ2) is 4.75. The molecule has 1 saturated carbocycles. The maximum Gasteiger partial charge on any atom is 0.309 e. The topological polar surface area (TPSA) is 86.5 Å². The number of rotatable bonds is 2. The molecule has 4 unspecified atom stereocenters. The van der Waals surface area contributed by atoms with Crippen molar-refractivity contribution in [1.82, 2.24) is 14.5 Å². The Morgan fingerprint density at radius 2 is 2.09 bits per heavy atom. The van der Waals surface area contributed by atoms with E-state index in [0.717, 1.165) is 16.7 Å². The van der Waals surface area contributed by atoms with E-state index < -0.39 is 23.8 Å². The van der Waals surface area contributed by atoms with Gasteiger partial charge in [0.1, 0.15) is 24.2 Å². The van der Waals surface area contributed by atoms with Gasteiger partial charge in [-0.3, -0.25) is 4.79 Å². The average Bonchev–Trinajstić information content (AvgIpc) is 3.09. The van der Waals surface area contributed by atoms with Crippen molar-refractivity contribution in [2.45, 2.75) is 51.2 Å². The Bertz CT molecular complexity index is 785. The Morgan fingerprint density at radius 1 is 1.35 bits per heavy atom. The first kappa shape index (κ1) is 14.6. The largest absolute Gasteiger partial charge is 0.481 e. The third-order valence-electron chi connectivity index (χ3n) is 4.82. The molecule has 0 aromatic carbocycles. The van der Waals surface area contributed by atoms with Crippen LogP contribution in [0.25, 0.3) is 11.0 Å². The van der Waals surface area contributed by atoms with Crippen molar-refractivity contribution >= 4 is 17.0 Å². The van der Waals surface area contributed by atoms with E-state index in [9.17, 15) is 9.90 Å². The van der Waals surface area contributed by atoms with Crippen molar-refractivity contribution in [3.05, 3.63) is 24.3 Å². The van der Waals surface area contributed by atoms with E-state index in [1.807, 2.05) is 37.6 Å². The van der Waals surface area contributed by atoms with Crippen LogP contribution in [-0.2, 0) is 14.3 Å². The fourth-order valence-corrected chi connectivity index (χ4v) is 3.83. The van der Waals surface area contributed by atoms with Crippen molar-refractivity contribution in [2.24, 2.45) is 5.92 Å². The molecule has 3 heterocycles. The molecule has 2 aliphatic rings. The molecule has 23 heavy (non-hydrogen) atoms. The number of hydrogen-bond acceptors (Lipinski definition) is 5. The molecule has 4 atom stereocenters. The minimum absolute atomic E-state index is 0.116. The van der Waals surface area contributed by atoms with Gasteiger partial charge in [-0.2, -0.15) is 0 Å². The summed E-state index contributed by atoms with van der Waals surface area (Å²) in [5.74, 6) is -2.19. The van der Waals surface area contributed by atoms with Gasteiger partial charge in [0.25, 0.3) is 0 Å². The highest BCUT2D eigenvalue weighted by Crippen LogP contribution is 2.47. The summed E-state index contributed by atoms with van der Waals surface area (Å²) >= 11 is 0. The zero-order valence-electron chi connectivity index (χ0n) is 13.3. The summed E-state index contributed by atoms with van der Waals surface area (Å²) in [5, 5.41) is 10.5. The Balaban J connectivity index is 1.78. The Morgan fingerprint density at radius 3 is 2.83 bits per heavy atom. The van der Waals surface area contributed by atoms with Gasteiger partial charge in [-0.1, -0.05) is 0 Å². The van der Waals surface area contributed by atoms with Gasteiger partial charge in [0.2, 0.25) is 0 Å². The number of carbonyl (C=O) groups is 1. The molecule has 4 rings (SSSR count). The molecule has 1 N–H and O–H groups in total. The number of ether oxygens (including phenoxy) is 2. The minimum Gasteiger partial charge on any atom is -0.481 e. The summed E-state index contributed by atoms with van der Waals surface area (Å²) in [7, 11) is 0. The van der Waals surface area contributed by atoms with E-state index in [-0.39, 0.29) is 12.1 Å². The first-order chi connectivity index (χ1) is 10.9. The van der Waals surface area contributed by atoms with E-state index in [4.69, 9.17) is 9.47 Å². The molecule has 1 aliphatic heterocycles. The van der Waals surface area contributed by atoms with Crippen molar-refractivity contribution in [3.8, 4) is 0 Å². The van der Waals surface area contributed by atoms with Crippen molar-refractivity contribution < 1.29 is 19.4 Å². The second-order valence-electron chi connectivity index (χ2n) is 6.73. The zero-order chi connectivity index (χ0) is 16.4. The number of hydrogen-bond donors (Lipinski definition) is 1. The Hall–Kier alpha value is -1.99. The molecule has 0 radical (unpaired) electrons. The number of carboxylic acids is 1. The number of fused-ring (bicyclic) bond motifs is 2. The average molecular weight is 317 g/mol. The van der Waals surface area contributed by atoms with Gasteiger partial charge >= 0.3 is 5.97 Å². The predicted molar refractivity (Wildman–Crippen MR) is 80.9 cm³/mol. The van der Waals surface area contributed by atoms with Gasteiger partial charge in [0.05, 0.1) is 17.7 Å². The molecule has 2 fully saturated rings. The molecule has 2 aromatic rings. The van der Waals surface area contributed by atoms with Gasteiger partial charge in [0.15, 0.2) is 5.79 Å². The molecule has 0 spiro atoms. The monoisotopic (exact) mass is 317 g/mol. The SMILES string of the molecule is Cc1ncnc2c1ccn2C1CC(C(=O)O)C2OC(C)(C)OC21. The van der Waals surface area contributed by atoms with E-state index in [0.29, 0.717) is 6.42 Å². The van der Waals surface area contributed by atoms with Gasteiger partial charge < -0.3 is 19.1 Å². The van der Waals surface area contributed by atoms with Crippen molar-refractivity contribution in [1.29, 1.82) is 0 Å². The third kappa shape index (κ3) is 2.14. The molecular formula is C16H19N3O4. The number of aryl methyl sites for hydroxylation is 1. The van der Waals surface area contributed by atoms with Crippen LogP contribution in [-0.4, -0.2) is 43.6 Å². The lowest BCUT2D eigenvalue weighted by atomic mass is 10.1. The van der Waals surface area contributed by atoms with E-state index in [2.05, 4.69) is 9.97 Å². The van der Waals surface area contributed by atoms with Crippen LogP contribution < -0.4 is 0 Å². The first-order valence-corrected chi connectivity index (χ1v) is 7.74. The second-order valence-corrected chi connectivity index (χ2v) is 6.73. The van der Waals surface area contributed by atoms with Gasteiger partial charge in [-0.25, -0.2) is 9.97 Å². The molecular weight excluding hydrogens is 298 g/mol. The summed E-state index contributed by atoms with van der Waals surface area (Å²) in [5.41, 5.74) is 1.71. The molecule has 0 bridgehead atoms. The van der Waals surface area contributed by atoms with Crippen LogP contribution in [0.1, 0.15) is 32.0 Å². The summed E-state index contributed by atoms with van der Waals surface area (Å²) < 4.78 is 13.9. The lowest BCUT2D eigenvalue weighted by Gasteiger charge is -2.23. The van der Waals surface area contributed by atoms with Crippen molar-refractivity contribution in [2.75, 3.05) is 0 Å². The summed E-state index contributed by atoms with van der Waals surface area (Å²) in [6.07, 6.45) is 3.20. The molecule has 122 valence electrons. The van der Waals surface area contributed by atoms with Crippen LogP contribution in [0, 0.1) is 12.8 Å². The van der Waals surface area contributed by atoms with Crippen LogP contribution in [0.3, 0.4) is 0 Å². The summed E-state index contributed by atoms with van der Waals surface area (Å²) in [6, 6.07) is 1.85. The van der Waals surface area contributed by atoms with Gasteiger partial charge in [-0.05, 0) is 33.3 Å². The zero-order valence-corrected chi connectivity index (χ0v) is 13.3. The highest BCUT2D eigenvalue weighted by Gasteiger charge is 2.57. The third-order valence-corrected chi connectivity index (χ3v) is 4.82. The summed E-state index contributed by atoms with van der Waals surface area (Å²) in [6.45, 7) is 5.58. The molecule has 7 heteroatoms. The molecule has 0 amide bonds. The fraction of sp³-hybridized carbons (Fsp3) is 0.562. The summed E-state index contributed by atoms with van der Waals surface area (Å²) in [4.78, 5) is 20.2. The first-order valence-electron chi connectivity index (χ1n) is 7.74. The van der Waals surface area contributed by atoms with Crippen LogP contribution in [0.5, 0.6) is 0 Å². The van der Waals surface area contributed by atoms with Gasteiger partial charge in [-0.15, -0.1) is 0 Å². The lowest BCUT2D eigenvalue weighted by molar-refractivity contribution is -0.167. The number of aromatic nitrogens is 3. The fourth-order valence-electron chi connectivity index (χ4n) is 3.83. The molecule has 1 aliphatic carbocycles. The van der Waals surface area contributed by atoms with E-state index in [1.165, 1.54) is 6.33 Å². The Kier molecular flexibility index (Phi) is 3.01. The van der Waals surface area contributed by atoms with E-state index in [1.54, 1.807) is 0 Å². The van der Waals surface area contributed by atoms with Crippen LogP contribution >= 0.6 is 0 Å². The molecule has 7 nitrogen and oxygen atoms in total. The standard InChI is InChI=1S/C16H19N3O4/c1-8-9-4-5-19(14(9)18-7-17-8)11-6-10(15(20)21)12-13(11)23-16(2,3)22-12/h4-5,7,10-13H,6H2,1-3H3,(H,20,21). The normalized spacial score (nSPS) is 32.3. The molecule has 2 aromatic heterocycles. The Labute approximate surface area is 133 Å². The number of nitrogens with zero attached hydrogens (tertiary/aromatic N) is 3. The van der Waals surface area contributed by atoms with Crippen LogP contribution in [0.4, 0.5) is 0 Å². The number of carboxylic acid groups (broad SMARTS) is 1. The van der Waals surface area contributed by atoms with Crippen LogP contribution in [0.15, 0.2) is 18.6 Å². The minimum atomic E-state index is -0.842. The smallest absolute Gasteiger partial charge is 0.309 e. The molecule has 1 saturated heterocycles. The lowest BCUT2D eigenvalue weighted by Crippen LogP contribution is -2.30. The van der Waals surface area contributed by atoms with E-state index >= 15 is 0 Å². The van der Waals surface area contributed by atoms with Crippen molar-refractivity contribution in [3.63, 3.8) is 0 Å². The maximum atomic E-state index is 11.6. The maximum absolute atomic E-state index is 11.6. The van der Waals surface area contributed by atoms with Gasteiger partial charge in [0, 0.05) is 11.6 Å².